The van der Waals surface area contributed by atoms with E-state index in [2.05, 4.69) is 31.1 Å². The van der Waals surface area contributed by atoms with Gasteiger partial charge in [0.2, 0.25) is 0 Å². The van der Waals surface area contributed by atoms with Gasteiger partial charge in [0.05, 0.1) is 11.3 Å². The Morgan fingerprint density at radius 3 is 2.24 bits per heavy atom. The third kappa shape index (κ3) is 2.97. The lowest BCUT2D eigenvalue weighted by Crippen LogP contribution is -1.78. The third-order valence-corrected chi connectivity index (χ3v) is 3.88. The second kappa shape index (κ2) is 6.01. The standard InChI is InChI=1S/C12H15NOS.C2H6/c1-7(2)10-5-6-11(15-10)12-8(3)13-14-9(12)4;1-2/h5-7H,1-4H3;1-2H3. The van der Waals surface area contributed by atoms with E-state index < -0.39 is 0 Å². The van der Waals surface area contributed by atoms with Crippen molar-refractivity contribution in [2.24, 2.45) is 0 Å². The minimum atomic E-state index is 0.587. The van der Waals surface area contributed by atoms with Crippen LogP contribution in [0.5, 0.6) is 0 Å². The van der Waals surface area contributed by atoms with Crippen molar-refractivity contribution < 1.29 is 4.52 Å². The zero-order chi connectivity index (χ0) is 13.0. The number of aromatic nitrogens is 1. The van der Waals surface area contributed by atoms with Crippen molar-refractivity contribution in [3.05, 3.63) is 28.5 Å². The first-order valence-electron chi connectivity index (χ1n) is 6.12. The summed E-state index contributed by atoms with van der Waals surface area (Å²) in [6.07, 6.45) is 0. The Kier molecular flexibility index (Phi) is 4.94. The Labute approximate surface area is 108 Å². The van der Waals surface area contributed by atoms with Crippen molar-refractivity contribution in [1.82, 2.24) is 5.16 Å². The van der Waals surface area contributed by atoms with E-state index in [1.807, 2.05) is 39.0 Å². The third-order valence-electron chi connectivity index (χ3n) is 2.48. The van der Waals surface area contributed by atoms with E-state index >= 15 is 0 Å². The van der Waals surface area contributed by atoms with Crippen LogP contribution in [-0.4, -0.2) is 5.16 Å². The molecule has 2 aromatic heterocycles. The highest BCUT2D eigenvalue weighted by Crippen LogP contribution is 2.35. The average Bonchev–Trinajstić information content (AvgIpc) is 2.89. The smallest absolute Gasteiger partial charge is 0.142 e. The largest absolute Gasteiger partial charge is 0.361 e. The molecule has 0 unspecified atom stereocenters. The second-order valence-electron chi connectivity index (χ2n) is 4.06. The number of nitrogens with zero attached hydrogens (tertiary/aromatic N) is 1. The van der Waals surface area contributed by atoms with Gasteiger partial charge in [-0.25, -0.2) is 0 Å². The zero-order valence-electron chi connectivity index (χ0n) is 11.5. The van der Waals surface area contributed by atoms with Crippen molar-refractivity contribution in [2.75, 3.05) is 0 Å². The number of rotatable bonds is 2. The van der Waals surface area contributed by atoms with Gasteiger partial charge in [-0.15, -0.1) is 11.3 Å². The first-order chi connectivity index (χ1) is 8.09. The summed E-state index contributed by atoms with van der Waals surface area (Å²) in [5.41, 5.74) is 2.14. The van der Waals surface area contributed by atoms with Gasteiger partial charge in [-0.3, -0.25) is 0 Å². The molecule has 17 heavy (non-hydrogen) atoms. The van der Waals surface area contributed by atoms with Crippen LogP contribution < -0.4 is 0 Å². The average molecular weight is 251 g/mol. The molecule has 2 rings (SSSR count). The summed E-state index contributed by atoms with van der Waals surface area (Å²) < 4.78 is 5.18. The molecule has 0 saturated carbocycles. The summed E-state index contributed by atoms with van der Waals surface area (Å²) in [7, 11) is 0. The monoisotopic (exact) mass is 251 g/mol. The molecule has 2 nitrogen and oxygen atoms in total. The molecule has 0 aliphatic heterocycles. The number of hydrogen-bond donors (Lipinski definition) is 0. The molecule has 0 spiro atoms. The molecule has 0 fully saturated rings. The molecule has 0 radical (unpaired) electrons. The molecule has 2 heterocycles. The van der Waals surface area contributed by atoms with Crippen LogP contribution in [0.1, 0.15) is 49.9 Å². The summed E-state index contributed by atoms with van der Waals surface area (Å²) in [6, 6.07) is 4.35. The predicted octanol–water partition coefficient (Wildman–Crippen LogP) is 5.17. The first kappa shape index (κ1) is 14.0. The molecule has 0 amide bonds. The first-order valence-corrected chi connectivity index (χ1v) is 6.94. The van der Waals surface area contributed by atoms with Gasteiger partial charge in [0.25, 0.3) is 0 Å². The lowest BCUT2D eigenvalue weighted by atomic mass is 10.1. The number of hydrogen-bond acceptors (Lipinski definition) is 3. The fourth-order valence-corrected chi connectivity index (χ4v) is 2.79. The van der Waals surface area contributed by atoms with Crippen molar-refractivity contribution in [3.63, 3.8) is 0 Å². The van der Waals surface area contributed by atoms with Crippen LogP contribution in [0, 0.1) is 13.8 Å². The quantitative estimate of drug-likeness (QED) is 0.736. The zero-order valence-corrected chi connectivity index (χ0v) is 12.3. The normalized spacial score (nSPS) is 10.3. The second-order valence-corrected chi connectivity index (χ2v) is 5.17. The van der Waals surface area contributed by atoms with Crippen LogP contribution >= 0.6 is 11.3 Å². The Balaban J connectivity index is 0.000000686. The molecule has 0 bridgehead atoms. The topological polar surface area (TPSA) is 26.0 Å². The van der Waals surface area contributed by atoms with E-state index in [4.69, 9.17) is 4.52 Å². The Bertz CT molecular complexity index is 449. The highest BCUT2D eigenvalue weighted by atomic mass is 32.1. The van der Waals surface area contributed by atoms with Gasteiger partial charge >= 0.3 is 0 Å². The van der Waals surface area contributed by atoms with Crippen LogP contribution in [0.25, 0.3) is 10.4 Å². The lowest BCUT2D eigenvalue weighted by molar-refractivity contribution is 0.393. The molecule has 0 N–H and O–H groups in total. The maximum Gasteiger partial charge on any atom is 0.142 e. The summed E-state index contributed by atoms with van der Waals surface area (Å²) >= 11 is 1.83. The summed E-state index contributed by atoms with van der Waals surface area (Å²) in [5, 5.41) is 3.98. The van der Waals surface area contributed by atoms with Crippen LogP contribution in [0.3, 0.4) is 0 Å². The molecular formula is C14H21NOS. The van der Waals surface area contributed by atoms with Gasteiger partial charge < -0.3 is 4.52 Å². The van der Waals surface area contributed by atoms with Gasteiger partial charge in [-0.05, 0) is 31.9 Å². The molecular weight excluding hydrogens is 230 g/mol. The minimum absolute atomic E-state index is 0.587. The van der Waals surface area contributed by atoms with Crippen molar-refractivity contribution in [2.45, 2.75) is 47.5 Å². The number of thiophene rings is 1. The maximum absolute atomic E-state index is 5.18. The van der Waals surface area contributed by atoms with Crippen LogP contribution in [-0.2, 0) is 0 Å². The molecule has 0 aromatic carbocycles. The minimum Gasteiger partial charge on any atom is -0.361 e. The summed E-state index contributed by atoms with van der Waals surface area (Å²) in [4.78, 5) is 2.67. The molecule has 94 valence electrons. The Hall–Kier alpha value is -1.09. The maximum atomic E-state index is 5.18. The Morgan fingerprint density at radius 2 is 1.82 bits per heavy atom. The van der Waals surface area contributed by atoms with Crippen molar-refractivity contribution in [3.8, 4) is 10.4 Å². The molecule has 0 atom stereocenters. The van der Waals surface area contributed by atoms with E-state index in [1.165, 1.54) is 9.75 Å². The van der Waals surface area contributed by atoms with E-state index in [9.17, 15) is 0 Å². The summed E-state index contributed by atoms with van der Waals surface area (Å²) in [6.45, 7) is 12.4. The molecule has 0 aliphatic carbocycles. The molecule has 3 heteroatoms. The predicted molar refractivity (Wildman–Crippen MR) is 74.7 cm³/mol. The fraction of sp³-hybridized carbons (Fsp3) is 0.500. The van der Waals surface area contributed by atoms with Crippen LogP contribution in [0.4, 0.5) is 0 Å². The summed E-state index contributed by atoms with van der Waals surface area (Å²) in [5.74, 6) is 1.49. The SMILES string of the molecule is CC.Cc1noc(C)c1-c1ccc(C(C)C)s1. The molecule has 2 aromatic rings. The fourth-order valence-electron chi connectivity index (χ4n) is 1.63. The van der Waals surface area contributed by atoms with Crippen LogP contribution in [0.15, 0.2) is 16.7 Å². The van der Waals surface area contributed by atoms with Gasteiger partial charge in [0.1, 0.15) is 5.76 Å². The van der Waals surface area contributed by atoms with E-state index in [-0.39, 0.29) is 0 Å². The van der Waals surface area contributed by atoms with Crippen molar-refractivity contribution in [1.29, 1.82) is 0 Å². The highest BCUT2D eigenvalue weighted by molar-refractivity contribution is 7.15. The molecule has 0 saturated heterocycles. The van der Waals surface area contributed by atoms with Gasteiger partial charge in [-0.2, -0.15) is 0 Å². The van der Waals surface area contributed by atoms with Gasteiger partial charge in [-0.1, -0.05) is 32.9 Å². The highest BCUT2D eigenvalue weighted by Gasteiger charge is 2.14. The lowest BCUT2D eigenvalue weighted by Gasteiger charge is -1.98. The van der Waals surface area contributed by atoms with Gasteiger partial charge in [0, 0.05) is 9.75 Å². The van der Waals surface area contributed by atoms with Crippen LogP contribution in [0.2, 0.25) is 0 Å². The van der Waals surface area contributed by atoms with Crippen molar-refractivity contribution >= 4 is 11.3 Å². The van der Waals surface area contributed by atoms with E-state index in [0.29, 0.717) is 5.92 Å². The van der Waals surface area contributed by atoms with E-state index in [1.54, 1.807) is 0 Å². The Morgan fingerprint density at radius 1 is 1.18 bits per heavy atom. The number of aryl methyl sites for hydroxylation is 2. The van der Waals surface area contributed by atoms with Gasteiger partial charge in [0.15, 0.2) is 0 Å². The molecule has 0 aliphatic rings. The van der Waals surface area contributed by atoms with E-state index in [0.717, 1.165) is 17.0 Å².